The lowest BCUT2D eigenvalue weighted by molar-refractivity contribution is -0.134. The SMILES string of the molecule is NC(=O)C1(N2CCCCC2)CCN(CCCN2c3ccccc3CCc3ccccc32)CC1. The molecule has 3 aliphatic heterocycles. The predicted octanol–water partition coefficient (Wildman–Crippen LogP) is 4.12. The van der Waals surface area contributed by atoms with Crippen LogP contribution in [0.3, 0.4) is 0 Å². The summed E-state index contributed by atoms with van der Waals surface area (Å²) in [7, 11) is 0. The molecule has 2 saturated heterocycles. The molecule has 2 N–H and O–H groups in total. The van der Waals surface area contributed by atoms with Crippen molar-refractivity contribution in [2.45, 2.75) is 56.9 Å². The molecule has 2 aromatic rings. The number of piperidine rings is 2. The van der Waals surface area contributed by atoms with Gasteiger partial charge in [0.2, 0.25) is 5.91 Å². The fourth-order valence-electron chi connectivity index (χ4n) is 6.25. The Balaban J connectivity index is 1.23. The van der Waals surface area contributed by atoms with Crippen LogP contribution in [0.15, 0.2) is 48.5 Å². The molecule has 2 fully saturated rings. The molecule has 0 aromatic heterocycles. The van der Waals surface area contributed by atoms with Gasteiger partial charge in [0, 0.05) is 31.0 Å². The number of primary amides is 1. The molecule has 176 valence electrons. The third kappa shape index (κ3) is 4.53. The van der Waals surface area contributed by atoms with Crippen LogP contribution >= 0.6 is 0 Å². The molecule has 3 aliphatic rings. The predicted molar refractivity (Wildman–Crippen MR) is 135 cm³/mol. The number of rotatable bonds is 6. The number of hydrogen-bond donors (Lipinski definition) is 1. The van der Waals surface area contributed by atoms with E-state index in [4.69, 9.17) is 5.73 Å². The summed E-state index contributed by atoms with van der Waals surface area (Å²) in [4.78, 5) is 20.0. The Morgan fingerprint density at radius 3 is 1.94 bits per heavy atom. The summed E-state index contributed by atoms with van der Waals surface area (Å²) in [5.41, 5.74) is 11.2. The van der Waals surface area contributed by atoms with Crippen molar-refractivity contribution in [2.75, 3.05) is 44.2 Å². The van der Waals surface area contributed by atoms with E-state index in [1.165, 1.54) is 41.8 Å². The van der Waals surface area contributed by atoms with Crippen LogP contribution in [0.5, 0.6) is 0 Å². The highest BCUT2D eigenvalue weighted by Crippen LogP contribution is 2.36. The van der Waals surface area contributed by atoms with Crippen LogP contribution in [0, 0.1) is 0 Å². The van der Waals surface area contributed by atoms with E-state index in [1.54, 1.807) is 0 Å². The third-order valence-corrected chi connectivity index (χ3v) is 8.19. The maximum atomic E-state index is 12.5. The van der Waals surface area contributed by atoms with E-state index in [0.29, 0.717) is 0 Å². The molecule has 0 bridgehead atoms. The second kappa shape index (κ2) is 9.86. The Bertz CT molecular complexity index is 912. The Labute approximate surface area is 198 Å². The molecule has 0 aliphatic carbocycles. The number of nitrogens with two attached hydrogens (primary N) is 1. The minimum Gasteiger partial charge on any atom is -0.368 e. The molecule has 3 heterocycles. The number of para-hydroxylation sites is 2. The number of fused-ring (bicyclic) bond motifs is 2. The van der Waals surface area contributed by atoms with Gasteiger partial charge in [0.25, 0.3) is 0 Å². The minimum atomic E-state index is -0.417. The number of nitrogens with zero attached hydrogens (tertiary/aromatic N) is 3. The average molecular weight is 447 g/mol. The molecule has 5 heteroatoms. The first-order valence-corrected chi connectivity index (χ1v) is 12.9. The molecule has 5 nitrogen and oxygen atoms in total. The maximum Gasteiger partial charge on any atom is 0.238 e. The highest BCUT2D eigenvalue weighted by atomic mass is 16.1. The largest absolute Gasteiger partial charge is 0.368 e. The summed E-state index contributed by atoms with van der Waals surface area (Å²) in [6.07, 6.45) is 8.71. The van der Waals surface area contributed by atoms with Crippen molar-refractivity contribution >= 4 is 17.3 Å². The zero-order chi connectivity index (χ0) is 22.7. The number of carbonyl (C=O) groups is 1. The highest BCUT2D eigenvalue weighted by molar-refractivity contribution is 5.85. The van der Waals surface area contributed by atoms with Crippen LogP contribution in [0.25, 0.3) is 0 Å². The van der Waals surface area contributed by atoms with Crippen LogP contribution in [-0.4, -0.2) is 60.5 Å². The molecule has 0 radical (unpaired) electrons. The standard InChI is InChI=1S/C28H38N4O/c29-27(33)28(31-18-6-1-7-19-31)15-21-30(22-16-28)17-8-20-32-25-11-4-2-9-23(25)13-14-24-10-3-5-12-26(24)32/h2-5,9-12H,1,6-8,13-22H2,(H2,29,33). The topological polar surface area (TPSA) is 52.8 Å². The number of benzene rings is 2. The molecule has 2 aromatic carbocycles. The molecular formula is C28H38N4O. The molecule has 0 saturated carbocycles. The van der Waals surface area contributed by atoms with Crippen LogP contribution in [0.2, 0.25) is 0 Å². The molecule has 0 spiro atoms. The van der Waals surface area contributed by atoms with Gasteiger partial charge in [-0.2, -0.15) is 0 Å². The normalized spacial score (nSPS) is 21.2. The number of anilines is 2. The van der Waals surface area contributed by atoms with Crippen molar-refractivity contribution in [2.24, 2.45) is 5.73 Å². The lowest BCUT2D eigenvalue weighted by Gasteiger charge is -2.48. The van der Waals surface area contributed by atoms with Crippen LogP contribution in [-0.2, 0) is 17.6 Å². The van der Waals surface area contributed by atoms with Gasteiger partial charge in [-0.1, -0.05) is 42.8 Å². The Morgan fingerprint density at radius 1 is 0.788 bits per heavy atom. The fraction of sp³-hybridized carbons (Fsp3) is 0.536. The number of amides is 1. The van der Waals surface area contributed by atoms with Gasteiger partial charge in [-0.25, -0.2) is 0 Å². The number of aryl methyl sites for hydroxylation is 2. The smallest absolute Gasteiger partial charge is 0.238 e. The van der Waals surface area contributed by atoms with Gasteiger partial charge in [-0.3, -0.25) is 9.69 Å². The number of likely N-dealkylation sites (tertiary alicyclic amines) is 2. The van der Waals surface area contributed by atoms with Gasteiger partial charge < -0.3 is 15.5 Å². The summed E-state index contributed by atoms with van der Waals surface area (Å²) in [5.74, 6) is -0.109. The molecule has 5 rings (SSSR count). The molecule has 0 atom stereocenters. The monoisotopic (exact) mass is 446 g/mol. The van der Waals surface area contributed by atoms with Gasteiger partial charge in [0.05, 0.1) is 0 Å². The summed E-state index contributed by atoms with van der Waals surface area (Å²) in [5, 5.41) is 0. The second-order valence-corrected chi connectivity index (χ2v) is 10.0. The van der Waals surface area contributed by atoms with Crippen LogP contribution in [0.1, 0.15) is 49.7 Å². The minimum absolute atomic E-state index is 0.109. The zero-order valence-corrected chi connectivity index (χ0v) is 19.8. The Kier molecular flexibility index (Phi) is 6.70. The Hall–Kier alpha value is -2.37. The van der Waals surface area contributed by atoms with Crippen molar-refractivity contribution in [3.63, 3.8) is 0 Å². The summed E-state index contributed by atoms with van der Waals surface area (Å²) >= 11 is 0. The van der Waals surface area contributed by atoms with E-state index in [1.807, 2.05) is 0 Å². The van der Waals surface area contributed by atoms with E-state index in [2.05, 4.69) is 63.2 Å². The molecule has 1 amide bonds. The molecule has 33 heavy (non-hydrogen) atoms. The van der Waals surface area contributed by atoms with Crippen molar-refractivity contribution < 1.29 is 4.79 Å². The van der Waals surface area contributed by atoms with E-state index in [9.17, 15) is 4.79 Å². The van der Waals surface area contributed by atoms with E-state index < -0.39 is 5.54 Å². The second-order valence-electron chi connectivity index (χ2n) is 10.0. The molecular weight excluding hydrogens is 408 g/mol. The number of hydrogen-bond acceptors (Lipinski definition) is 4. The molecule has 0 unspecified atom stereocenters. The summed E-state index contributed by atoms with van der Waals surface area (Å²) < 4.78 is 0. The maximum absolute atomic E-state index is 12.5. The van der Waals surface area contributed by atoms with E-state index in [-0.39, 0.29) is 5.91 Å². The van der Waals surface area contributed by atoms with Gasteiger partial charge in [-0.05, 0) is 87.8 Å². The summed E-state index contributed by atoms with van der Waals surface area (Å²) in [6.45, 7) is 6.06. The van der Waals surface area contributed by atoms with Gasteiger partial charge in [0.15, 0.2) is 0 Å². The first-order chi connectivity index (χ1) is 16.2. The number of carbonyl (C=O) groups excluding carboxylic acids is 1. The van der Waals surface area contributed by atoms with Crippen molar-refractivity contribution in [3.8, 4) is 0 Å². The summed E-state index contributed by atoms with van der Waals surface area (Å²) in [6, 6.07) is 17.8. The third-order valence-electron chi connectivity index (χ3n) is 8.19. The highest BCUT2D eigenvalue weighted by Gasteiger charge is 2.44. The average Bonchev–Trinajstić information content (AvgIpc) is 3.02. The van der Waals surface area contributed by atoms with E-state index in [0.717, 1.165) is 71.4 Å². The van der Waals surface area contributed by atoms with E-state index >= 15 is 0 Å². The first kappa shape index (κ1) is 22.4. The quantitative estimate of drug-likeness (QED) is 0.725. The lowest BCUT2D eigenvalue weighted by atomic mass is 9.83. The lowest BCUT2D eigenvalue weighted by Crippen LogP contribution is -2.63. The first-order valence-electron chi connectivity index (χ1n) is 12.9. The zero-order valence-electron chi connectivity index (χ0n) is 19.8. The van der Waals surface area contributed by atoms with Gasteiger partial charge in [-0.15, -0.1) is 0 Å². The van der Waals surface area contributed by atoms with Crippen LogP contribution < -0.4 is 10.6 Å². The van der Waals surface area contributed by atoms with Gasteiger partial charge in [0.1, 0.15) is 5.54 Å². The van der Waals surface area contributed by atoms with Crippen molar-refractivity contribution in [3.05, 3.63) is 59.7 Å². The fourth-order valence-corrected chi connectivity index (χ4v) is 6.25. The van der Waals surface area contributed by atoms with Crippen molar-refractivity contribution in [1.82, 2.24) is 9.80 Å². The Morgan fingerprint density at radius 2 is 1.36 bits per heavy atom. The van der Waals surface area contributed by atoms with Gasteiger partial charge >= 0.3 is 0 Å². The van der Waals surface area contributed by atoms with Crippen molar-refractivity contribution in [1.29, 1.82) is 0 Å². The van der Waals surface area contributed by atoms with Crippen LogP contribution in [0.4, 0.5) is 11.4 Å².